The molecule has 6 heteroatoms. The summed E-state index contributed by atoms with van der Waals surface area (Å²) in [6.45, 7) is 3.89. The van der Waals surface area contributed by atoms with Crippen molar-refractivity contribution in [3.63, 3.8) is 0 Å². The van der Waals surface area contributed by atoms with Crippen molar-refractivity contribution < 1.29 is 9.47 Å². The molecule has 1 aliphatic rings. The van der Waals surface area contributed by atoms with Crippen LogP contribution in [-0.2, 0) is 9.47 Å². The van der Waals surface area contributed by atoms with Crippen molar-refractivity contribution in [1.29, 1.82) is 0 Å². The van der Waals surface area contributed by atoms with E-state index >= 15 is 0 Å². The fourth-order valence-electron chi connectivity index (χ4n) is 2.21. The molecule has 1 saturated heterocycles. The number of ether oxygens (including phenoxy) is 2. The molecule has 1 unspecified atom stereocenters. The molecule has 3 N–H and O–H groups in total. The standard InChI is InChI=1S/C13H19N3O2S/c1-9-3-5-15-12(10(9)11(14)19)16-7-13(17-2)4-6-18-8-13/h3,5H,4,6-8H2,1-2H3,(H2,14,19)(H,15,16). The van der Waals surface area contributed by atoms with E-state index in [1.165, 1.54) is 0 Å². The van der Waals surface area contributed by atoms with E-state index in [4.69, 9.17) is 27.4 Å². The molecule has 0 amide bonds. The summed E-state index contributed by atoms with van der Waals surface area (Å²) in [5.41, 5.74) is 7.27. The lowest BCUT2D eigenvalue weighted by Crippen LogP contribution is -2.40. The predicted molar refractivity (Wildman–Crippen MR) is 78.5 cm³/mol. The van der Waals surface area contributed by atoms with Gasteiger partial charge in [0.05, 0.1) is 12.2 Å². The molecule has 0 aromatic carbocycles. The predicted octanol–water partition coefficient (Wildman–Crippen LogP) is 1.24. The molecule has 2 rings (SSSR count). The number of hydrogen-bond donors (Lipinski definition) is 2. The summed E-state index contributed by atoms with van der Waals surface area (Å²) in [6, 6.07) is 1.89. The Morgan fingerprint density at radius 1 is 1.68 bits per heavy atom. The van der Waals surface area contributed by atoms with Gasteiger partial charge in [0.1, 0.15) is 16.4 Å². The maximum atomic E-state index is 5.76. The van der Waals surface area contributed by atoms with Crippen LogP contribution in [0.3, 0.4) is 0 Å². The Hall–Kier alpha value is -1.24. The summed E-state index contributed by atoms with van der Waals surface area (Å²) < 4.78 is 11.0. The van der Waals surface area contributed by atoms with Crippen molar-refractivity contribution in [2.24, 2.45) is 5.73 Å². The molecular formula is C13H19N3O2S. The smallest absolute Gasteiger partial charge is 0.136 e. The Balaban J connectivity index is 2.15. The number of rotatable bonds is 5. The van der Waals surface area contributed by atoms with Crippen LogP contribution in [0.2, 0.25) is 0 Å². The highest BCUT2D eigenvalue weighted by atomic mass is 32.1. The van der Waals surface area contributed by atoms with Gasteiger partial charge in [0.2, 0.25) is 0 Å². The number of hydrogen-bond acceptors (Lipinski definition) is 5. The zero-order valence-electron chi connectivity index (χ0n) is 11.2. The minimum absolute atomic E-state index is 0.293. The van der Waals surface area contributed by atoms with Gasteiger partial charge in [-0.1, -0.05) is 12.2 Å². The first-order chi connectivity index (χ1) is 9.08. The normalized spacial score (nSPS) is 22.4. The number of nitrogens with zero attached hydrogens (tertiary/aromatic N) is 1. The lowest BCUT2D eigenvalue weighted by molar-refractivity contribution is -0.00625. The van der Waals surface area contributed by atoms with Crippen LogP contribution in [0, 0.1) is 6.92 Å². The number of aromatic nitrogens is 1. The molecule has 1 fully saturated rings. The molecule has 0 saturated carbocycles. The van der Waals surface area contributed by atoms with Crippen molar-refractivity contribution in [3.05, 3.63) is 23.4 Å². The van der Waals surface area contributed by atoms with Crippen molar-refractivity contribution >= 4 is 23.0 Å². The number of thiocarbonyl (C=S) groups is 1. The minimum atomic E-state index is -0.293. The Morgan fingerprint density at radius 2 is 2.47 bits per heavy atom. The first kappa shape index (κ1) is 14.2. The fourth-order valence-corrected chi connectivity index (χ4v) is 2.47. The van der Waals surface area contributed by atoms with E-state index in [1.54, 1.807) is 13.3 Å². The number of nitrogens with one attached hydrogen (secondary N) is 1. The monoisotopic (exact) mass is 281 g/mol. The number of nitrogens with two attached hydrogens (primary N) is 1. The Kier molecular flexibility index (Phi) is 4.34. The molecule has 0 radical (unpaired) electrons. The quantitative estimate of drug-likeness (QED) is 0.792. The molecule has 2 heterocycles. The average molecular weight is 281 g/mol. The maximum Gasteiger partial charge on any atom is 0.136 e. The van der Waals surface area contributed by atoms with Crippen molar-refractivity contribution in [1.82, 2.24) is 4.98 Å². The number of anilines is 1. The van der Waals surface area contributed by atoms with Gasteiger partial charge in [0, 0.05) is 32.9 Å². The van der Waals surface area contributed by atoms with Crippen molar-refractivity contribution in [2.45, 2.75) is 18.9 Å². The van der Waals surface area contributed by atoms with Crippen LogP contribution in [-0.4, -0.2) is 42.4 Å². The maximum absolute atomic E-state index is 5.76. The fraction of sp³-hybridized carbons (Fsp3) is 0.538. The summed E-state index contributed by atoms with van der Waals surface area (Å²) in [5.74, 6) is 0.704. The van der Waals surface area contributed by atoms with E-state index in [9.17, 15) is 0 Å². The van der Waals surface area contributed by atoms with Gasteiger partial charge in [0.25, 0.3) is 0 Å². The van der Waals surface area contributed by atoms with Gasteiger partial charge in [-0.25, -0.2) is 4.98 Å². The molecular weight excluding hydrogens is 262 g/mol. The average Bonchev–Trinajstić information content (AvgIpc) is 2.85. The largest absolute Gasteiger partial charge is 0.389 e. The minimum Gasteiger partial charge on any atom is -0.389 e. The van der Waals surface area contributed by atoms with Crippen LogP contribution < -0.4 is 11.1 Å². The second kappa shape index (κ2) is 5.81. The van der Waals surface area contributed by atoms with Crippen LogP contribution in [0.5, 0.6) is 0 Å². The van der Waals surface area contributed by atoms with E-state index in [-0.39, 0.29) is 5.60 Å². The first-order valence-corrected chi connectivity index (χ1v) is 6.61. The Labute approximate surface area is 118 Å². The number of methoxy groups -OCH3 is 1. The molecule has 1 aromatic heterocycles. The second-order valence-corrected chi connectivity index (χ2v) is 5.20. The number of aryl methyl sites for hydroxylation is 1. The second-order valence-electron chi connectivity index (χ2n) is 4.76. The zero-order chi connectivity index (χ0) is 13.9. The third-order valence-corrected chi connectivity index (χ3v) is 3.69. The molecule has 0 aliphatic carbocycles. The number of pyridine rings is 1. The Morgan fingerprint density at radius 3 is 3.05 bits per heavy atom. The van der Waals surface area contributed by atoms with Crippen LogP contribution in [0.25, 0.3) is 0 Å². The molecule has 0 spiro atoms. The Bertz CT molecular complexity index is 473. The van der Waals surface area contributed by atoms with Gasteiger partial charge in [-0.15, -0.1) is 0 Å². The summed E-state index contributed by atoms with van der Waals surface area (Å²) in [5, 5.41) is 3.29. The molecule has 1 aliphatic heterocycles. The summed E-state index contributed by atoms with van der Waals surface area (Å²) >= 11 is 5.08. The summed E-state index contributed by atoms with van der Waals surface area (Å²) in [6.07, 6.45) is 2.61. The lowest BCUT2D eigenvalue weighted by Gasteiger charge is -2.26. The van der Waals surface area contributed by atoms with Crippen molar-refractivity contribution in [2.75, 3.05) is 32.2 Å². The first-order valence-electron chi connectivity index (χ1n) is 6.20. The van der Waals surface area contributed by atoms with Gasteiger partial charge >= 0.3 is 0 Å². The third kappa shape index (κ3) is 3.02. The van der Waals surface area contributed by atoms with E-state index in [1.807, 2.05) is 13.0 Å². The highest BCUT2D eigenvalue weighted by Crippen LogP contribution is 2.24. The van der Waals surface area contributed by atoms with Crippen LogP contribution in [0.15, 0.2) is 12.3 Å². The summed E-state index contributed by atoms with van der Waals surface area (Å²) in [7, 11) is 1.70. The molecule has 0 bridgehead atoms. The van der Waals surface area contributed by atoms with Gasteiger partial charge in [-0.05, 0) is 18.6 Å². The highest BCUT2D eigenvalue weighted by Gasteiger charge is 2.35. The zero-order valence-corrected chi connectivity index (χ0v) is 12.0. The van der Waals surface area contributed by atoms with Crippen LogP contribution in [0.1, 0.15) is 17.5 Å². The van der Waals surface area contributed by atoms with Gasteiger partial charge in [0.15, 0.2) is 0 Å². The van der Waals surface area contributed by atoms with Crippen LogP contribution >= 0.6 is 12.2 Å². The summed E-state index contributed by atoms with van der Waals surface area (Å²) in [4.78, 5) is 4.66. The topological polar surface area (TPSA) is 69.4 Å². The molecule has 1 atom stereocenters. The van der Waals surface area contributed by atoms with E-state index < -0.39 is 0 Å². The van der Waals surface area contributed by atoms with Gasteiger partial charge in [-0.3, -0.25) is 0 Å². The highest BCUT2D eigenvalue weighted by molar-refractivity contribution is 7.80. The van der Waals surface area contributed by atoms with Gasteiger partial charge in [-0.2, -0.15) is 0 Å². The molecule has 5 nitrogen and oxygen atoms in total. The molecule has 104 valence electrons. The molecule has 1 aromatic rings. The van der Waals surface area contributed by atoms with E-state index in [2.05, 4.69) is 10.3 Å². The van der Waals surface area contributed by atoms with Crippen molar-refractivity contribution in [3.8, 4) is 0 Å². The van der Waals surface area contributed by atoms with Gasteiger partial charge < -0.3 is 20.5 Å². The third-order valence-electron chi connectivity index (χ3n) is 3.48. The molecule has 19 heavy (non-hydrogen) atoms. The van der Waals surface area contributed by atoms with E-state index in [0.29, 0.717) is 24.0 Å². The SMILES string of the molecule is COC1(CNc2nccc(C)c2C(N)=S)CCOC1. The van der Waals surface area contributed by atoms with E-state index in [0.717, 1.165) is 24.2 Å². The van der Waals surface area contributed by atoms with Crippen LogP contribution in [0.4, 0.5) is 5.82 Å². The lowest BCUT2D eigenvalue weighted by atomic mass is 10.0.